The van der Waals surface area contributed by atoms with Crippen LogP contribution in [0.3, 0.4) is 0 Å². The van der Waals surface area contributed by atoms with Crippen LogP contribution in [0.5, 0.6) is 0 Å². The molecule has 2 aromatic carbocycles. The molecule has 2 amide bonds. The third kappa shape index (κ3) is 4.05. The molecule has 0 unspecified atom stereocenters. The van der Waals surface area contributed by atoms with E-state index in [1.54, 1.807) is 39.7 Å². The quantitative estimate of drug-likeness (QED) is 0.617. The minimum absolute atomic E-state index is 0.0804. The maximum Gasteiger partial charge on any atom is 0.335 e. The minimum Gasteiger partial charge on any atom is -0.478 e. The van der Waals surface area contributed by atoms with Crippen molar-refractivity contribution in [2.45, 2.75) is 19.8 Å². The lowest BCUT2D eigenvalue weighted by Crippen LogP contribution is -2.47. The number of ketones is 1. The summed E-state index contributed by atoms with van der Waals surface area (Å²) < 4.78 is 1.65. The second-order valence-electron chi connectivity index (χ2n) is 7.92. The molecule has 2 heterocycles. The number of hydrogen-bond acceptors (Lipinski definition) is 5. The summed E-state index contributed by atoms with van der Waals surface area (Å²) in [4.78, 5) is 40.6. The van der Waals surface area contributed by atoms with Crippen LogP contribution in [0.2, 0.25) is 0 Å². The van der Waals surface area contributed by atoms with Crippen LogP contribution >= 0.6 is 0 Å². The molecule has 4 rings (SSSR count). The van der Waals surface area contributed by atoms with E-state index in [0.717, 1.165) is 11.0 Å². The number of carboxylic acids is 1. The number of Topliss-reactive ketones (excluding diaryl/α,β-unsaturated/α-hetero) is 1. The van der Waals surface area contributed by atoms with E-state index >= 15 is 0 Å². The zero-order valence-corrected chi connectivity index (χ0v) is 18.1. The van der Waals surface area contributed by atoms with E-state index in [1.165, 1.54) is 12.1 Å². The van der Waals surface area contributed by atoms with Crippen LogP contribution in [-0.4, -0.2) is 62.4 Å². The summed E-state index contributed by atoms with van der Waals surface area (Å²) >= 11 is 0. The van der Waals surface area contributed by atoms with E-state index < -0.39 is 5.97 Å². The summed E-state index contributed by atoms with van der Waals surface area (Å²) in [6.45, 7) is 3.33. The summed E-state index contributed by atoms with van der Waals surface area (Å²) in [5.41, 5.74) is 3.04. The van der Waals surface area contributed by atoms with Crippen LogP contribution in [0.25, 0.3) is 11.0 Å². The number of carbonyl (C=O) groups is 3. The molecule has 0 aliphatic carbocycles. The molecule has 9 heteroatoms. The van der Waals surface area contributed by atoms with Gasteiger partial charge in [0.15, 0.2) is 5.78 Å². The van der Waals surface area contributed by atoms with Gasteiger partial charge in [-0.2, -0.15) is 0 Å². The number of rotatable bonds is 5. The summed E-state index contributed by atoms with van der Waals surface area (Å²) in [6, 6.07) is 11.6. The molecule has 1 aromatic heterocycles. The highest BCUT2D eigenvalue weighted by Crippen LogP contribution is 2.25. The molecule has 1 aliphatic rings. The van der Waals surface area contributed by atoms with Gasteiger partial charge in [0.05, 0.1) is 11.1 Å². The van der Waals surface area contributed by atoms with E-state index in [1.807, 2.05) is 19.1 Å². The number of carbonyl (C=O) groups excluding carboxylic acids is 2. The van der Waals surface area contributed by atoms with Crippen LogP contribution in [0.1, 0.15) is 40.5 Å². The number of hydrogen-bond donors (Lipinski definition) is 1. The Morgan fingerprint density at radius 2 is 1.72 bits per heavy atom. The molecular weight excluding hydrogens is 410 g/mol. The maximum absolute atomic E-state index is 13.1. The van der Waals surface area contributed by atoms with Gasteiger partial charge in [-0.1, -0.05) is 5.21 Å². The first-order valence-electron chi connectivity index (χ1n) is 10.6. The summed E-state index contributed by atoms with van der Waals surface area (Å²) in [6.07, 6.45) is 1.20. The van der Waals surface area contributed by atoms with Crippen molar-refractivity contribution in [3.63, 3.8) is 0 Å². The first-order valence-corrected chi connectivity index (χ1v) is 10.6. The molecule has 0 spiro atoms. The monoisotopic (exact) mass is 435 g/mol. The Labute approximate surface area is 185 Å². The molecule has 9 nitrogen and oxygen atoms in total. The smallest absolute Gasteiger partial charge is 0.335 e. The van der Waals surface area contributed by atoms with Crippen molar-refractivity contribution in [3.8, 4) is 0 Å². The van der Waals surface area contributed by atoms with Gasteiger partial charge in [-0.3, -0.25) is 9.69 Å². The molecule has 1 fully saturated rings. The van der Waals surface area contributed by atoms with Crippen LogP contribution in [0.15, 0.2) is 42.5 Å². The number of aromatic carboxylic acids is 1. The normalized spacial score (nSPS) is 14.5. The van der Waals surface area contributed by atoms with Gasteiger partial charge in [0.1, 0.15) is 5.52 Å². The fraction of sp³-hybridized carbons (Fsp3) is 0.348. The predicted octanol–water partition coefficient (Wildman–Crippen LogP) is 3.21. The first-order chi connectivity index (χ1) is 15.4. The van der Waals surface area contributed by atoms with Crippen molar-refractivity contribution >= 4 is 34.5 Å². The molecular formula is C23H25N5O4. The number of likely N-dealkylation sites (tertiary alicyclic amines) is 1. The van der Waals surface area contributed by atoms with E-state index in [4.69, 9.17) is 5.11 Å². The molecule has 0 radical (unpaired) electrons. The van der Waals surface area contributed by atoms with E-state index in [2.05, 4.69) is 10.3 Å². The standard InChI is InChI=1S/C23H25N5O4/c1-3-28(18-7-4-16(5-8-18)22(30)31)23(32)27-12-10-15(11-13-27)21(29)17-6-9-19-20(14-17)26(2)25-24-19/h4-9,14-15H,3,10-13H2,1-2H3,(H,30,31). The molecule has 1 saturated heterocycles. The number of aromatic nitrogens is 3. The number of piperidine rings is 1. The molecule has 0 saturated carbocycles. The summed E-state index contributed by atoms with van der Waals surface area (Å²) in [7, 11) is 1.79. The van der Waals surface area contributed by atoms with Crippen LogP contribution < -0.4 is 4.90 Å². The van der Waals surface area contributed by atoms with E-state index in [9.17, 15) is 14.4 Å². The van der Waals surface area contributed by atoms with Gasteiger partial charge in [0.2, 0.25) is 0 Å². The SMILES string of the molecule is CCN(C(=O)N1CCC(C(=O)c2ccc3nnn(C)c3c2)CC1)c1ccc(C(=O)O)cc1. The third-order valence-corrected chi connectivity index (χ3v) is 6.00. The minimum atomic E-state index is -1.00. The largest absolute Gasteiger partial charge is 0.478 e. The van der Waals surface area contributed by atoms with Gasteiger partial charge in [0.25, 0.3) is 0 Å². The Hall–Kier alpha value is -3.75. The van der Waals surface area contributed by atoms with Gasteiger partial charge in [-0.25, -0.2) is 14.3 Å². The fourth-order valence-corrected chi connectivity index (χ4v) is 4.14. The van der Waals surface area contributed by atoms with Crippen molar-refractivity contribution in [2.24, 2.45) is 13.0 Å². The van der Waals surface area contributed by atoms with Gasteiger partial charge < -0.3 is 10.0 Å². The number of anilines is 1. The van der Waals surface area contributed by atoms with Gasteiger partial charge in [-0.15, -0.1) is 5.10 Å². The Bertz CT molecular complexity index is 1160. The summed E-state index contributed by atoms with van der Waals surface area (Å²) in [5.74, 6) is -1.06. The third-order valence-electron chi connectivity index (χ3n) is 6.00. The van der Waals surface area contributed by atoms with Crippen molar-refractivity contribution in [3.05, 3.63) is 53.6 Å². The second-order valence-corrected chi connectivity index (χ2v) is 7.92. The van der Waals surface area contributed by atoms with Crippen LogP contribution in [0, 0.1) is 5.92 Å². The Balaban J connectivity index is 1.41. The number of aryl methyl sites for hydroxylation is 1. The van der Waals surface area contributed by atoms with E-state index in [0.29, 0.717) is 43.7 Å². The predicted molar refractivity (Wildman–Crippen MR) is 119 cm³/mol. The highest BCUT2D eigenvalue weighted by Gasteiger charge is 2.30. The zero-order chi connectivity index (χ0) is 22.8. The topological polar surface area (TPSA) is 109 Å². The van der Waals surface area contributed by atoms with Crippen molar-refractivity contribution in [2.75, 3.05) is 24.5 Å². The van der Waals surface area contributed by atoms with Gasteiger partial charge in [0, 0.05) is 43.9 Å². The van der Waals surface area contributed by atoms with Crippen LogP contribution in [-0.2, 0) is 7.05 Å². The summed E-state index contributed by atoms with van der Waals surface area (Å²) in [5, 5.41) is 17.1. The first kappa shape index (κ1) is 21.5. The molecule has 166 valence electrons. The maximum atomic E-state index is 13.1. The Morgan fingerprint density at radius 1 is 1.06 bits per heavy atom. The number of fused-ring (bicyclic) bond motifs is 1. The lowest BCUT2D eigenvalue weighted by atomic mass is 9.89. The molecule has 0 atom stereocenters. The number of amides is 2. The average Bonchev–Trinajstić information content (AvgIpc) is 3.19. The molecule has 1 aliphatic heterocycles. The molecule has 32 heavy (non-hydrogen) atoms. The lowest BCUT2D eigenvalue weighted by Gasteiger charge is -2.35. The Kier molecular flexibility index (Phi) is 5.89. The highest BCUT2D eigenvalue weighted by molar-refractivity contribution is 6.00. The highest BCUT2D eigenvalue weighted by atomic mass is 16.4. The van der Waals surface area contributed by atoms with Crippen molar-refractivity contribution < 1.29 is 19.5 Å². The fourth-order valence-electron chi connectivity index (χ4n) is 4.14. The van der Waals surface area contributed by atoms with Gasteiger partial charge >= 0.3 is 12.0 Å². The average molecular weight is 435 g/mol. The Morgan fingerprint density at radius 3 is 2.34 bits per heavy atom. The van der Waals surface area contributed by atoms with Gasteiger partial charge in [-0.05, 0) is 62.2 Å². The number of urea groups is 1. The number of nitrogens with zero attached hydrogens (tertiary/aromatic N) is 5. The van der Waals surface area contributed by atoms with E-state index in [-0.39, 0.29) is 23.3 Å². The number of benzene rings is 2. The lowest BCUT2D eigenvalue weighted by molar-refractivity contribution is 0.0696. The van der Waals surface area contributed by atoms with Crippen molar-refractivity contribution in [1.82, 2.24) is 19.9 Å². The van der Waals surface area contributed by atoms with Crippen molar-refractivity contribution in [1.29, 1.82) is 0 Å². The number of carboxylic acid groups (broad SMARTS) is 1. The molecule has 3 aromatic rings. The van der Waals surface area contributed by atoms with Crippen LogP contribution in [0.4, 0.5) is 10.5 Å². The second kappa shape index (κ2) is 8.78. The zero-order valence-electron chi connectivity index (χ0n) is 18.1. The molecule has 0 bridgehead atoms. The molecule has 1 N–H and O–H groups in total.